The third kappa shape index (κ3) is 3.25. The van der Waals surface area contributed by atoms with Crippen molar-refractivity contribution in [3.8, 4) is 5.75 Å². The van der Waals surface area contributed by atoms with E-state index in [0.717, 1.165) is 33.1 Å². The average Bonchev–Trinajstić information content (AvgIpc) is 3.10. The van der Waals surface area contributed by atoms with Crippen molar-refractivity contribution in [3.05, 3.63) is 41.2 Å². The largest absolute Gasteiger partial charge is 0.497 e. The van der Waals surface area contributed by atoms with Crippen molar-refractivity contribution >= 4 is 45.3 Å². The van der Waals surface area contributed by atoms with E-state index in [9.17, 15) is 0 Å². The van der Waals surface area contributed by atoms with Gasteiger partial charge in [-0.1, -0.05) is 0 Å². The van der Waals surface area contributed by atoms with E-state index in [1.807, 2.05) is 47.4 Å². The molecule has 6 heteroatoms. The molecule has 0 N–H and O–H groups in total. The predicted molar refractivity (Wildman–Crippen MR) is 88.0 cm³/mol. The Kier molecular flexibility index (Phi) is 4.22. The molecule has 2 aromatic heterocycles. The Balaban J connectivity index is 1.81. The summed E-state index contributed by atoms with van der Waals surface area (Å²) in [5.74, 6) is 1.41. The number of thiazole rings is 1. The van der Waals surface area contributed by atoms with E-state index in [2.05, 4.69) is 10.1 Å². The molecule has 2 heterocycles. The molecule has 1 aromatic carbocycles. The van der Waals surface area contributed by atoms with Crippen LogP contribution in [0.4, 0.5) is 0 Å². The minimum atomic E-state index is 0.560. The van der Waals surface area contributed by atoms with E-state index >= 15 is 0 Å². The van der Waals surface area contributed by atoms with E-state index in [4.69, 9.17) is 16.3 Å². The van der Waals surface area contributed by atoms with Crippen LogP contribution in [0.25, 0.3) is 22.4 Å². The topological polar surface area (TPSA) is 39.9 Å². The summed E-state index contributed by atoms with van der Waals surface area (Å²) in [5.41, 5.74) is 2.02. The van der Waals surface area contributed by atoms with Crippen molar-refractivity contribution < 1.29 is 4.74 Å². The highest BCUT2D eigenvalue weighted by Crippen LogP contribution is 2.27. The quantitative estimate of drug-likeness (QED) is 0.669. The Morgan fingerprint density at radius 3 is 3.10 bits per heavy atom. The molecule has 0 saturated heterocycles. The predicted octanol–water partition coefficient (Wildman–Crippen LogP) is 3.91. The number of fused-ring (bicyclic) bond motifs is 1. The van der Waals surface area contributed by atoms with Gasteiger partial charge in [0.05, 0.1) is 30.1 Å². The number of aryl methyl sites for hydroxylation is 1. The highest BCUT2D eigenvalue weighted by molar-refractivity contribution is 7.19. The van der Waals surface area contributed by atoms with Crippen molar-refractivity contribution in [1.82, 2.24) is 14.8 Å². The molecule has 0 unspecified atom stereocenters. The van der Waals surface area contributed by atoms with Crippen LogP contribution < -0.4 is 4.74 Å². The molecule has 0 aliphatic carbocycles. The summed E-state index contributed by atoms with van der Waals surface area (Å²) in [4.78, 5) is 4.57. The van der Waals surface area contributed by atoms with Gasteiger partial charge < -0.3 is 4.74 Å². The lowest BCUT2D eigenvalue weighted by Crippen LogP contribution is -1.98. The number of halogens is 1. The molecule has 21 heavy (non-hydrogen) atoms. The smallest absolute Gasteiger partial charge is 0.120 e. The molecule has 0 bridgehead atoms. The second-order valence-electron chi connectivity index (χ2n) is 4.44. The first-order valence-electron chi connectivity index (χ1n) is 6.49. The van der Waals surface area contributed by atoms with E-state index in [-0.39, 0.29) is 0 Å². The van der Waals surface area contributed by atoms with Crippen molar-refractivity contribution in [2.24, 2.45) is 0 Å². The second kappa shape index (κ2) is 6.28. The molecule has 0 saturated carbocycles. The second-order valence-corrected chi connectivity index (χ2v) is 5.89. The number of hydrogen-bond acceptors (Lipinski definition) is 4. The third-order valence-electron chi connectivity index (χ3n) is 3.00. The molecule has 3 rings (SSSR count). The van der Waals surface area contributed by atoms with Crippen molar-refractivity contribution in [2.75, 3.05) is 13.0 Å². The van der Waals surface area contributed by atoms with Gasteiger partial charge in [-0.2, -0.15) is 5.10 Å². The number of aromatic nitrogens is 3. The summed E-state index contributed by atoms with van der Waals surface area (Å²) >= 11 is 7.33. The SMILES string of the molecule is COc1ccc2nc(/C=C/c3cnn(CCCl)c3)sc2c1. The number of nitrogens with zero attached hydrogens (tertiary/aromatic N) is 3. The first-order chi connectivity index (χ1) is 10.3. The molecule has 4 nitrogen and oxygen atoms in total. The molecule has 108 valence electrons. The number of alkyl halides is 1. The van der Waals surface area contributed by atoms with E-state index < -0.39 is 0 Å². The minimum Gasteiger partial charge on any atom is -0.497 e. The van der Waals surface area contributed by atoms with Crippen LogP contribution in [0.5, 0.6) is 5.75 Å². The van der Waals surface area contributed by atoms with Crippen LogP contribution in [-0.4, -0.2) is 27.8 Å². The third-order valence-corrected chi connectivity index (χ3v) is 4.15. The van der Waals surface area contributed by atoms with Crippen molar-refractivity contribution in [2.45, 2.75) is 6.54 Å². The van der Waals surface area contributed by atoms with Gasteiger partial charge in [0.2, 0.25) is 0 Å². The molecule has 0 radical (unpaired) electrons. The minimum absolute atomic E-state index is 0.560. The van der Waals surface area contributed by atoms with Gasteiger partial charge in [0.25, 0.3) is 0 Å². The zero-order valence-corrected chi connectivity index (χ0v) is 13.1. The molecule has 0 aliphatic rings. The Hall–Kier alpha value is -1.85. The van der Waals surface area contributed by atoms with E-state index in [1.54, 1.807) is 18.4 Å². The van der Waals surface area contributed by atoms with E-state index in [0.29, 0.717) is 5.88 Å². The molecular weight excluding hydrogens is 306 g/mol. The lowest BCUT2D eigenvalue weighted by atomic mass is 10.3. The first-order valence-corrected chi connectivity index (χ1v) is 7.84. The number of ether oxygens (including phenoxy) is 1. The van der Waals surface area contributed by atoms with Crippen LogP contribution in [0.3, 0.4) is 0 Å². The van der Waals surface area contributed by atoms with Gasteiger partial charge in [0.1, 0.15) is 10.8 Å². The normalized spacial score (nSPS) is 11.5. The van der Waals surface area contributed by atoms with Gasteiger partial charge in [-0.05, 0) is 30.4 Å². The van der Waals surface area contributed by atoms with Gasteiger partial charge in [0, 0.05) is 17.6 Å². The first kappa shape index (κ1) is 14.1. The molecular formula is C15H14ClN3OS. The number of rotatable bonds is 5. The Morgan fingerprint density at radius 1 is 1.38 bits per heavy atom. The summed E-state index contributed by atoms with van der Waals surface area (Å²) in [6.07, 6.45) is 7.79. The highest BCUT2D eigenvalue weighted by Gasteiger charge is 2.03. The lowest BCUT2D eigenvalue weighted by Gasteiger charge is -1.96. The molecule has 0 amide bonds. The Bertz CT molecular complexity index is 778. The monoisotopic (exact) mass is 319 g/mol. The van der Waals surface area contributed by atoms with Crippen LogP contribution in [0, 0.1) is 0 Å². The lowest BCUT2D eigenvalue weighted by molar-refractivity contribution is 0.415. The van der Waals surface area contributed by atoms with Crippen LogP contribution in [0.1, 0.15) is 10.6 Å². The summed E-state index contributed by atoms with van der Waals surface area (Å²) in [6.45, 7) is 0.719. The van der Waals surface area contributed by atoms with Crippen LogP contribution >= 0.6 is 22.9 Å². The number of hydrogen-bond donors (Lipinski definition) is 0. The molecule has 0 atom stereocenters. The fourth-order valence-corrected chi connectivity index (χ4v) is 3.03. The Labute approximate surface area is 131 Å². The fourth-order valence-electron chi connectivity index (χ4n) is 1.96. The molecule has 0 spiro atoms. The average molecular weight is 320 g/mol. The highest BCUT2D eigenvalue weighted by atomic mass is 35.5. The van der Waals surface area contributed by atoms with Crippen molar-refractivity contribution in [3.63, 3.8) is 0 Å². The maximum Gasteiger partial charge on any atom is 0.120 e. The van der Waals surface area contributed by atoms with Gasteiger partial charge in [-0.15, -0.1) is 22.9 Å². The summed E-state index contributed by atoms with van der Waals surface area (Å²) in [5, 5.41) is 5.19. The zero-order valence-electron chi connectivity index (χ0n) is 11.5. The summed E-state index contributed by atoms with van der Waals surface area (Å²) in [7, 11) is 1.67. The number of benzene rings is 1. The maximum atomic E-state index is 5.69. The van der Waals surface area contributed by atoms with Crippen LogP contribution in [-0.2, 0) is 6.54 Å². The maximum absolute atomic E-state index is 5.69. The molecule has 0 aliphatic heterocycles. The van der Waals surface area contributed by atoms with Gasteiger partial charge in [0.15, 0.2) is 0 Å². The van der Waals surface area contributed by atoms with Crippen molar-refractivity contribution in [1.29, 1.82) is 0 Å². The van der Waals surface area contributed by atoms with Gasteiger partial charge in [-0.25, -0.2) is 4.98 Å². The van der Waals surface area contributed by atoms with Crippen LogP contribution in [0.2, 0.25) is 0 Å². The Morgan fingerprint density at radius 2 is 2.29 bits per heavy atom. The number of methoxy groups -OCH3 is 1. The van der Waals surface area contributed by atoms with Gasteiger partial charge >= 0.3 is 0 Å². The fraction of sp³-hybridized carbons (Fsp3) is 0.200. The molecule has 0 fully saturated rings. The summed E-state index contributed by atoms with van der Waals surface area (Å²) in [6, 6.07) is 5.90. The van der Waals surface area contributed by atoms with E-state index in [1.165, 1.54) is 0 Å². The molecule has 3 aromatic rings. The zero-order chi connectivity index (χ0) is 14.7. The summed E-state index contributed by atoms with van der Waals surface area (Å²) < 4.78 is 8.17. The van der Waals surface area contributed by atoms with Gasteiger partial charge in [-0.3, -0.25) is 4.68 Å². The standard InChI is InChI=1S/C15H14ClN3OS/c1-20-12-3-4-13-14(8-12)21-15(18-13)5-2-11-9-17-19(10-11)7-6-16/h2-5,8-10H,6-7H2,1H3/b5-2+. The van der Waals surface area contributed by atoms with Crippen LogP contribution in [0.15, 0.2) is 30.6 Å².